The SMILES string of the molecule is CC(C)(C)c1cc2nnc(S(=O)[O-])n2[nH]1. The number of nitrogens with one attached hydrogen (secondary N) is 1. The number of nitrogens with zero attached hydrogens (tertiary/aromatic N) is 3. The molecular weight excluding hydrogens is 216 g/mol. The number of rotatable bonds is 1. The molecule has 2 aromatic heterocycles. The third kappa shape index (κ3) is 1.68. The van der Waals surface area contributed by atoms with Gasteiger partial charge >= 0.3 is 0 Å². The van der Waals surface area contributed by atoms with Gasteiger partial charge in [0.2, 0.25) is 5.16 Å². The maximum Gasteiger partial charge on any atom is 0.227 e. The number of H-pyrrole nitrogens is 1. The Labute approximate surface area is 89.0 Å². The van der Waals surface area contributed by atoms with Gasteiger partial charge in [-0.1, -0.05) is 20.8 Å². The van der Waals surface area contributed by atoms with Crippen LogP contribution in [0.1, 0.15) is 26.5 Å². The molecule has 1 N–H and O–H groups in total. The van der Waals surface area contributed by atoms with Crippen molar-refractivity contribution in [2.24, 2.45) is 0 Å². The van der Waals surface area contributed by atoms with Crippen LogP contribution in [0, 0.1) is 0 Å². The molecule has 0 aliphatic rings. The van der Waals surface area contributed by atoms with E-state index in [1.165, 1.54) is 4.52 Å². The molecule has 0 saturated carbocycles. The molecule has 1 atom stereocenters. The minimum Gasteiger partial charge on any atom is -0.766 e. The van der Waals surface area contributed by atoms with Gasteiger partial charge in [-0.3, -0.25) is 9.31 Å². The smallest absolute Gasteiger partial charge is 0.227 e. The molecule has 0 amide bonds. The van der Waals surface area contributed by atoms with Gasteiger partial charge in [-0.05, 0) is 0 Å². The Morgan fingerprint density at radius 2 is 2.13 bits per heavy atom. The number of hydrogen-bond acceptors (Lipinski definition) is 4. The number of aromatic nitrogens is 4. The molecule has 0 aliphatic carbocycles. The average molecular weight is 227 g/mol. The summed E-state index contributed by atoms with van der Waals surface area (Å²) in [5.74, 6) is 0. The van der Waals surface area contributed by atoms with Gasteiger partial charge in [0.15, 0.2) is 5.65 Å². The van der Waals surface area contributed by atoms with E-state index in [0.29, 0.717) is 5.65 Å². The maximum atomic E-state index is 10.8. The van der Waals surface area contributed by atoms with Crippen LogP contribution in [-0.4, -0.2) is 28.6 Å². The fraction of sp³-hybridized carbons (Fsp3) is 0.500. The first-order chi connectivity index (χ1) is 6.89. The van der Waals surface area contributed by atoms with Crippen LogP contribution in [-0.2, 0) is 16.5 Å². The van der Waals surface area contributed by atoms with Crippen LogP contribution >= 0.6 is 0 Å². The standard InChI is InChI=1S/C8H12N4O2S/c1-8(2,3)5-4-6-9-10-7(15(13)14)12(6)11-5/h4,11H,1-3H3,(H,13,14)/p-1. The van der Waals surface area contributed by atoms with Gasteiger partial charge in [-0.2, -0.15) is 0 Å². The highest BCUT2D eigenvalue weighted by Crippen LogP contribution is 2.22. The van der Waals surface area contributed by atoms with E-state index in [1.807, 2.05) is 20.8 Å². The highest BCUT2D eigenvalue weighted by atomic mass is 32.2. The highest BCUT2D eigenvalue weighted by molar-refractivity contribution is 7.79. The van der Waals surface area contributed by atoms with E-state index in [0.717, 1.165) is 5.69 Å². The first-order valence-electron chi connectivity index (χ1n) is 4.43. The Kier molecular flexibility index (Phi) is 2.16. The van der Waals surface area contributed by atoms with Crippen molar-refractivity contribution in [2.45, 2.75) is 31.3 Å². The summed E-state index contributed by atoms with van der Waals surface area (Å²) in [5, 5.41) is 10.2. The fourth-order valence-corrected chi connectivity index (χ4v) is 1.65. The average Bonchev–Trinajstić information content (AvgIpc) is 2.56. The molecule has 6 nitrogen and oxygen atoms in total. The van der Waals surface area contributed by atoms with Gasteiger partial charge < -0.3 is 4.55 Å². The summed E-state index contributed by atoms with van der Waals surface area (Å²) in [6.45, 7) is 6.08. The van der Waals surface area contributed by atoms with Crippen molar-refractivity contribution in [3.8, 4) is 0 Å². The summed E-state index contributed by atoms with van der Waals surface area (Å²) >= 11 is -2.38. The lowest BCUT2D eigenvalue weighted by Gasteiger charge is -2.15. The van der Waals surface area contributed by atoms with Gasteiger partial charge in [0.05, 0.1) is 0 Å². The van der Waals surface area contributed by atoms with Gasteiger partial charge in [0, 0.05) is 28.3 Å². The second kappa shape index (κ2) is 3.14. The van der Waals surface area contributed by atoms with Crippen LogP contribution in [0.15, 0.2) is 11.2 Å². The molecule has 0 aromatic carbocycles. The third-order valence-electron chi connectivity index (χ3n) is 2.12. The van der Waals surface area contributed by atoms with Crippen molar-refractivity contribution in [1.82, 2.24) is 19.8 Å². The van der Waals surface area contributed by atoms with E-state index in [9.17, 15) is 8.76 Å². The third-order valence-corrected chi connectivity index (χ3v) is 2.68. The maximum absolute atomic E-state index is 10.8. The molecule has 15 heavy (non-hydrogen) atoms. The van der Waals surface area contributed by atoms with Crippen molar-refractivity contribution in [3.63, 3.8) is 0 Å². The van der Waals surface area contributed by atoms with Gasteiger partial charge in [-0.25, -0.2) is 4.52 Å². The summed E-state index contributed by atoms with van der Waals surface area (Å²) in [7, 11) is 0. The van der Waals surface area contributed by atoms with Crippen molar-refractivity contribution in [3.05, 3.63) is 11.8 Å². The van der Waals surface area contributed by atoms with E-state index in [-0.39, 0.29) is 10.6 Å². The van der Waals surface area contributed by atoms with Crippen molar-refractivity contribution in [1.29, 1.82) is 0 Å². The fourth-order valence-electron chi connectivity index (χ4n) is 1.25. The molecular formula is C8H11N4O2S-. The summed E-state index contributed by atoms with van der Waals surface area (Å²) in [4.78, 5) is 0. The lowest BCUT2D eigenvalue weighted by Crippen LogP contribution is -2.12. The molecule has 0 bridgehead atoms. The zero-order valence-electron chi connectivity index (χ0n) is 8.64. The zero-order chi connectivity index (χ0) is 11.2. The number of fused-ring (bicyclic) bond motifs is 1. The molecule has 1 unspecified atom stereocenters. The van der Waals surface area contributed by atoms with Gasteiger partial charge in [-0.15, -0.1) is 10.2 Å². The van der Waals surface area contributed by atoms with Crippen LogP contribution in [0.2, 0.25) is 0 Å². The summed E-state index contributed by atoms with van der Waals surface area (Å²) in [5.41, 5.74) is 1.35. The topological polar surface area (TPSA) is 86.1 Å². The summed E-state index contributed by atoms with van der Waals surface area (Å²) < 4.78 is 22.9. The zero-order valence-corrected chi connectivity index (χ0v) is 9.46. The van der Waals surface area contributed by atoms with Gasteiger partial charge in [0.25, 0.3) is 0 Å². The minimum atomic E-state index is -2.38. The minimum absolute atomic E-state index is 0.0810. The number of hydrogen-bond donors (Lipinski definition) is 1. The van der Waals surface area contributed by atoms with Crippen LogP contribution in [0.25, 0.3) is 5.65 Å². The van der Waals surface area contributed by atoms with E-state index in [4.69, 9.17) is 0 Å². The van der Waals surface area contributed by atoms with Crippen LogP contribution in [0.4, 0.5) is 0 Å². The molecule has 0 aliphatic heterocycles. The van der Waals surface area contributed by atoms with E-state index >= 15 is 0 Å². The van der Waals surface area contributed by atoms with Crippen molar-refractivity contribution in [2.75, 3.05) is 0 Å². The van der Waals surface area contributed by atoms with Crippen LogP contribution in [0.5, 0.6) is 0 Å². The van der Waals surface area contributed by atoms with E-state index in [2.05, 4.69) is 15.3 Å². The predicted octanol–water partition coefficient (Wildman–Crippen LogP) is 0.593. The van der Waals surface area contributed by atoms with E-state index < -0.39 is 11.1 Å². The Balaban J connectivity index is 2.62. The summed E-state index contributed by atoms with van der Waals surface area (Å²) in [6, 6.07) is 1.80. The molecule has 0 fully saturated rings. The first kappa shape index (κ1) is 10.3. The number of aromatic amines is 1. The van der Waals surface area contributed by atoms with Gasteiger partial charge in [0.1, 0.15) is 0 Å². The molecule has 82 valence electrons. The monoisotopic (exact) mass is 227 g/mol. The van der Waals surface area contributed by atoms with Crippen molar-refractivity contribution < 1.29 is 8.76 Å². The Hall–Kier alpha value is -1.21. The quantitative estimate of drug-likeness (QED) is 0.722. The molecule has 0 spiro atoms. The van der Waals surface area contributed by atoms with Crippen LogP contribution in [0.3, 0.4) is 0 Å². The normalized spacial score (nSPS) is 14.7. The second-order valence-corrected chi connectivity index (χ2v) is 5.17. The Morgan fingerprint density at radius 3 is 2.67 bits per heavy atom. The van der Waals surface area contributed by atoms with Crippen LogP contribution < -0.4 is 0 Å². The second-order valence-electron chi connectivity index (χ2n) is 4.33. The molecule has 7 heteroatoms. The molecule has 0 saturated heterocycles. The molecule has 2 aromatic rings. The van der Waals surface area contributed by atoms with Crippen molar-refractivity contribution >= 4 is 16.7 Å². The molecule has 2 heterocycles. The first-order valence-corrected chi connectivity index (χ1v) is 5.51. The largest absolute Gasteiger partial charge is 0.766 e. The Morgan fingerprint density at radius 1 is 1.47 bits per heavy atom. The lowest BCUT2D eigenvalue weighted by atomic mass is 9.93. The highest BCUT2D eigenvalue weighted by Gasteiger charge is 2.18. The lowest BCUT2D eigenvalue weighted by molar-refractivity contribution is 0.519. The molecule has 0 radical (unpaired) electrons. The predicted molar refractivity (Wildman–Crippen MR) is 53.2 cm³/mol. The Bertz CT molecular complexity index is 522. The summed E-state index contributed by atoms with van der Waals surface area (Å²) in [6.07, 6.45) is 0. The van der Waals surface area contributed by atoms with E-state index in [1.54, 1.807) is 6.07 Å². The molecule has 2 rings (SSSR count).